The Morgan fingerprint density at radius 2 is 1.20 bits per heavy atom. The molecule has 0 radical (unpaired) electrons. The summed E-state index contributed by atoms with van der Waals surface area (Å²) in [5.74, 6) is 4.13. The van der Waals surface area contributed by atoms with Crippen LogP contribution >= 0.6 is 0 Å². The summed E-state index contributed by atoms with van der Waals surface area (Å²) in [6.07, 6.45) is 33.1. The van der Waals surface area contributed by atoms with E-state index in [-0.39, 0.29) is 5.54 Å². The Hall–Kier alpha value is -4.41. The molecule has 6 rings (SSSR count). The van der Waals surface area contributed by atoms with Crippen molar-refractivity contribution in [1.82, 2.24) is 29.5 Å². The first-order chi connectivity index (χ1) is 24.7. The van der Waals surface area contributed by atoms with Crippen LogP contribution in [0.15, 0.2) is 36.7 Å². The summed E-state index contributed by atoms with van der Waals surface area (Å²) < 4.78 is 2.08. The first-order valence-corrected chi connectivity index (χ1v) is 22.9. The molecule has 4 aromatic rings. The number of aromatic amines is 2. The van der Waals surface area contributed by atoms with Gasteiger partial charge < -0.3 is 14.5 Å². The first kappa shape index (κ1) is 36.4. The molecule has 51 heavy (non-hydrogen) atoms. The molecule has 0 saturated heterocycles. The number of fused-ring (bicyclic) bond motifs is 8. The predicted molar refractivity (Wildman–Crippen MR) is 221 cm³/mol. The average molecular weight is 697 g/mol. The van der Waals surface area contributed by atoms with Crippen LogP contribution in [0.1, 0.15) is 123 Å². The highest BCUT2D eigenvalue weighted by molar-refractivity contribution is 6.78. The molecule has 0 aliphatic carbocycles. The third-order valence-electron chi connectivity index (χ3n) is 10.4. The minimum atomic E-state index is -1.84. The van der Waals surface area contributed by atoms with E-state index in [1.165, 1.54) is 62.5 Å². The van der Waals surface area contributed by atoms with E-state index >= 15 is 0 Å². The maximum atomic E-state index is 6.41. The quantitative estimate of drug-likeness (QED) is 0.0637. The van der Waals surface area contributed by atoms with Crippen LogP contribution < -0.4 is 0 Å². The molecule has 6 heterocycles. The lowest BCUT2D eigenvalue weighted by Gasteiger charge is -2.25. The van der Waals surface area contributed by atoms with Crippen molar-refractivity contribution in [3.63, 3.8) is 0 Å². The Bertz CT molecular complexity index is 2100. The molecule has 6 nitrogen and oxygen atoms in total. The van der Waals surface area contributed by atoms with Crippen molar-refractivity contribution >= 4 is 54.4 Å². The summed E-state index contributed by atoms with van der Waals surface area (Å²) in [5, 5.41) is 0. The molecule has 0 amide bonds. The molecule has 2 N–H and O–H groups in total. The van der Waals surface area contributed by atoms with E-state index in [1.807, 2.05) is 12.4 Å². The van der Waals surface area contributed by atoms with Gasteiger partial charge in [0, 0.05) is 58.2 Å². The van der Waals surface area contributed by atoms with Crippen LogP contribution in [0.5, 0.6) is 0 Å². The van der Waals surface area contributed by atoms with Gasteiger partial charge in [0.15, 0.2) is 0 Å². The Balaban J connectivity index is 1.68. The van der Waals surface area contributed by atoms with Crippen LogP contribution in [0, 0.1) is 12.3 Å². The maximum absolute atomic E-state index is 6.41. The van der Waals surface area contributed by atoms with Gasteiger partial charge in [-0.1, -0.05) is 84.9 Å². The molecule has 8 bridgehead atoms. The second-order valence-electron chi connectivity index (χ2n) is 15.4. The number of rotatable bonds is 15. The van der Waals surface area contributed by atoms with Crippen molar-refractivity contribution in [1.29, 1.82) is 0 Å². The SMILES string of the molecule is C#CC(c1c2nc(c(CCCCCCC)c3ccc([nH]3)c(-c3nccn3C)c3nc(c(CCCCCCC)c4ccc1[nH]4)C=C3)C=C2)[Si](C)(C)C. The molecule has 0 fully saturated rings. The Labute approximate surface area is 306 Å². The highest BCUT2D eigenvalue weighted by atomic mass is 28.3. The third-order valence-corrected chi connectivity index (χ3v) is 12.6. The lowest BCUT2D eigenvalue weighted by atomic mass is 10.0. The standard InChI is InChI=1S/C44H56N6Si/c1-8-11-13-15-17-19-31-33-21-25-37(46-33)42(41(10-3)51(5,6)7)38-26-22-34(47-38)32(20-18-16-14-12-9-2)36-24-28-40(49-36)43(39-27-23-35(31)48-39)44-45-29-30-50(44)4/h3,21-30,41,46,49H,8-9,11-20H2,1-2,4-7H3. The van der Waals surface area contributed by atoms with Crippen molar-refractivity contribution in [3.05, 3.63) is 76.1 Å². The summed E-state index contributed by atoms with van der Waals surface area (Å²) >= 11 is 0. The van der Waals surface area contributed by atoms with Crippen LogP contribution in [-0.2, 0) is 19.9 Å². The Kier molecular flexibility index (Phi) is 11.6. The van der Waals surface area contributed by atoms with Gasteiger partial charge in [0.1, 0.15) is 5.82 Å². The van der Waals surface area contributed by atoms with Crippen molar-refractivity contribution < 1.29 is 0 Å². The van der Waals surface area contributed by atoms with Gasteiger partial charge in [-0.2, -0.15) is 0 Å². The number of hydrogen-bond donors (Lipinski definition) is 2. The second kappa shape index (κ2) is 16.3. The Morgan fingerprint density at radius 1 is 0.686 bits per heavy atom. The van der Waals surface area contributed by atoms with Crippen molar-refractivity contribution in [2.24, 2.45) is 7.05 Å². The topological polar surface area (TPSA) is 75.2 Å². The highest BCUT2D eigenvalue weighted by Gasteiger charge is 2.30. The fourth-order valence-electron chi connectivity index (χ4n) is 7.59. The van der Waals surface area contributed by atoms with E-state index in [1.54, 1.807) is 0 Å². The number of aromatic nitrogens is 6. The molecular weight excluding hydrogens is 641 g/mol. The lowest BCUT2D eigenvalue weighted by molar-refractivity contribution is 0.632. The molecule has 2 aliphatic heterocycles. The van der Waals surface area contributed by atoms with Crippen molar-refractivity contribution in [3.8, 4) is 23.7 Å². The molecule has 4 aromatic heterocycles. The van der Waals surface area contributed by atoms with Gasteiger partial charge in [-0.3, -0.25) is 0 Å². The van der Waals surface area contributed by atoms with Crippen LogP contribution in [0.3, 0.4) is 0 Å². The van der Waals surface area contributed by atoms with Gasteiger partial charge in [0.05, 0.1) is 41.9 Å². The molecule has 1 atom stereocenters. The van der Waals surface area contributed by atoms with Crippen LogP contribution in [0.4, 0.5) is 0 Å². The minimum absolute atomic E-state index is 0.00342. The number of aryl methyl sites for hydroxylation is 3. The van der Waals surface area contributed by atoms with Gasteiger partial charge in [-0.05, 0) is 74.3 Å². The largest absolute Gasteiger partial charge is 0.355 e. The fourth-order valence-corrected chi connectivity index (χ4v) is 9.26. The molecule has 7 heteroatoms. The van der Waals surface area contributed by atoms with E-state index in [0.29, 0.717) is 0 Å². The minimum Gasteiger partial charge on any atom is -0.355 e. The zero-order chi connectivity index (χ0) is 36.0. The number of H-pyrrole nitrogens is 2. The zero-order valence-corrected chi connectivity index (χ0v) is 32.7. The summed E-state index contributed by atoms with van der Waals surface area (Å²) in [4.78, 5) is 23.4. The van der Waals surface area contributed by atoms with Crippen LogP contribution in [0.25, 0.3) is 57.8 Å². The number of terminal acetylenes is 1. The van der Waals surface area contributed by atoms with Gasteiger partial charge in [-0.15, -0.1) is 12.3 Å². The van der Waals surface area contributed by atoms with Crippen LogP contribution in [-0.4, -0.2) is 37.6 Å². The van der Waals surface area contributed by atoms with Gasteiger partial charge >= 0.3 is 0 Å². The summed E-state index contributed by atoms with van der Waals surface area (Å²) in [7, 11) is 0.213. The molecule has 0 saturated carbocycles. The van der Waals surface area contributed by atoms with E-state index in [4.69, 9.17) is 21.4 Å². The highest BCUT2D eigenvalue weighted by Crippen LogP contribution is 2.36. The molecule has 266 valence electrons. The van der Waals surface area contributed by atoms with Gasteiger partial charge in [-0.25, -0.2) is 15.0 Å². The summed E-state index contributed by atoms with van der Waals surface area (Å²) in [6, 6.07) is 8.87. The molecule has 0 aromatic carbocycles. The molecular formula is C44H56N6Si. The van der Waals surface area contributed by atoms with Gasteiger partial charge in [0.25, 0.3) is 0 Å². The summed E-state index contributed by atoms with van der Waals surface area (Å²) in [6.45, 7) is 11.6. The van der Waals surface area contributed by atoms with E-state index in [9.17, 15) is 0 Å². The maximum Gasteiger partial charge on any atom is 0.143 e. The average Bonchev–Trinajstić information content (AvgIpc) is 3.95. The molecule has 1 unspecified atom stereocenters. The number of nitrogens with one attached hydrogen (secondary N) is 2. The summed E-state index contributed by atoms with van der Waals surface area (Å²) in [5.41, 5.74) is 12.8. The van der Waals surface area contributed by atoms with Gasteiger partial charge in [0.2, 0.25) is 0 Å². The number of imidazole rings is 1. The number of nitrogens with zero attached hydrogens (tertiary/aromatic N) is 4. The van der Waals surface area contributed by atoms with Crippen molar-refractivity contribution in [2.45, 2.75) is 116 Å². The third kappa shape index (κ3) is 8.07. The Morgan fingerprint density at radius 3 is 1.75 bits per heavy atom. The smallest absolute Gasteiger partial charge is 0.143 e. The van der Waals surface area contributed by atoms with E-state index < -0.39 is 8.07 Å². The fraction of sp³-hybridized carbons (Fsp3) is 0.432. The second-order valence-corrected chi connectivity index (χ2v) is 20.7. The van der Waals surface area contributed by atoms with Crippen molar-refractivity contribution in [2.75, 3.05) is 0 Å². The first-order valence-electron chi connectivity index (χ1n) is 19.3. The normalized spacial score (nSPS) is 13.2. The number of hydrogen-bond acceptors (Lipinski definition) is 3. The predicted octanol–water partition coefficient (Wildman–Crippen LogP) is 11.7. The lowest BCUT2D eigenvalue weighted by Crippen LogP contribution is -2.30. The van der Waals surface area contributed by atoms with E-state index in [2.05, 4.69) is 110 Å². The van der Waals surface area contributed by atoms with Crippen LogP contribution in [0.2, 0.25) is 19.6 Å². The number of unbranched alkanes of at least 4 members (excludes halogenated alkanes) is 8. The molecule has 2 aliphatic rings. The molecule has 0 spiro atoms. The van der Waals surface area contributed by atoms with E-state index in [0.717, 1.165) is 87.5 Å². The monoisotopic (exact) mass is 696 g/mol. The zero-order valence-electron chi connectivity index (χ0n) is 31.7.